The first-order valence-corrected chi connectivity index (χ1v) is 3.65. The lowest BCUT2D eigenvalue weighted by atomic mass is 10.1. The highest BCUT2D eigenvalue weighted by Gasteiger charge is 2.30. The molecule has 0 spiro atoms. The summed E-state index contributed by atoms with van der Waals surface area (Å²) < 4.78 is 0. The van der Waals surface area contributed by atoms with Crippen LogP contribution in [0.5, 0.6) is 5.75 Å². The van der Waals surface area contributed by atoms with Crippen molar-refractivity contribution < 1.29 is 14.7 Å². The number of amides is 2. The number of aromatic nitrogens is 1. The van der Waals surface area contributed by atoms with Gasteiger partial charge in [-0.15, -0.1) is 0 Å². The van der Waals surface area contributed by atoms with Gasteiger partial charge in [-0.25, -0.2) is 0 Å². The van der Waals surface area contributed by atoms with Crippen molar-refractivity contribution in [3.63, 3.8) is 0 Å². The molecule has 0 atom stereocenters. The van der Waals surface area contributed by atoms with E-state index >= 15 is 0 Å². The number of rotatable bonds is 0. The molecular formula is C8H6N2O3. The van der Waals surface area contributed by atoms with E-state index in [2.05, 4.69) is 10.3 Å². The molecule has 13 heavy (non-hydrogen) atoms. The normalized spacial score (nSPS) is 14.2. The molecular weight excluding hydrogens is 172 g/mol. The number of pyridine rings is 1. The van der Waals surface area contributed by atoms with Gasteiger partial charge < -0.3 is 5.11 Å². The maximum Gasteiger partial charge on any atom is 0.262 e. The van der Waals surface area contributed by atoms with E-state index in [0.29, 0.717) is 5.69 Å². The Hall–Kier alpha value is -1.91. The summed E-state index contributed by atoms with van der Waals surface area (Å²) in [6, 6.07) is 0. The fourth-order valence-electron chi connectivity index (χ4n) is 1.23. The second-order valence-corrected chi connectivity index (χ2v) is 2.76. The third kappa shape index (κ3) is 0.900. The Morgan fingerprint density at radius 3 is 2.77 bits per heavy atom. The zero-order valence-electron chi connectivity index (χ0n) is 6.79. The van der Waals surface area contributed by atoms with Crippen molar-refractivity contribution in [3.05, 3.63) is 23.0 Å². The fourth-order valence-corrected chi connectivity index (χ4v) is 1.23. The lowest BCUT2D eigenvalue weighted by Gasteiger charge is -2.00. The summed E-state index contributed by atoms with van der Waals surface area (Å²) in [5.41, 5.74) is 0.495. The van der Waals surface area contributed by atoms with Crippen molar-refractivity contribution in [1.82, 2.24) is 10.3 Å². The molecule has 1 aliphatic rings. The number of imide groups is 1. The number of hydrogen-bond donors (Lipinski definition) is 2. The van der Waals surface area contributed by atoms with Crippen LogP contribution in [-0.2, 0) is 0 Å². The van der Waals surface area contributed by atoms with Crippen LogP contribution in [-0.4, -0.2) is 21.9 Å². The topological polar surface area (TPSA) is 79.3 Å². The average Bonchev–Trinajstić information content (AvgIpc) is 2.35. The monoisotopic (exact) mass is 178 g/mol. The number of carbonyl (C=O) groups excluding carboxylic acids is 2. The third-order valence-corrected chi connectivity index (χ3v) is 1.93. The van der Waals surface area contributed by atoms with Crippen LogP contribution < -0.4 is 5.32 Å². The second-order valence-electron chi connectivity index (χ2n) is 2.76. The molecule has 2 N–H and O–H groups in total. The molecule has 2 rings (SSSR count). The van der Waals surface area contributed by atoms with Gasteiger partial charge in [0, 0.05) is 6.20 Å². The average molecular weight is 178 g/mol. The molecule has 0 bridgehead atoms. The van der Waals surface area contributed by atoms with E-state index in [1.807, 2.05) is 0 Å². The molecule has 2 amide bonds. The fraction of sp³-hybridized carbons (Fsp3) is 0.125. The van der Waals surface area contributed by atoms with Crippen molar-refractivity contribution in [3.8, 4) is 5.75 Å². The predicted molar refractivity (Wildman–Crippen MR) is 42.4 cm³/mol. The Bertz CT molecular complexity index is 426. The predicted octanol–water partition coefficient (Wildman–Crippen LogP) is -0.0208. The molecule has 1 aromatic heterocycles. The summed E-state index contributed by atoms with van der Waals surface area (Å²) in [5.74, 6) is -1.30. The van der Waals surface area contributed by atoms with Crippen molar-refractivity contribution in [2.45, 2.75) is 6.92 Å². The molecule has 2 heterocycles. The van der Waals surface area contributed by atoms with Gasteiger partial charge in [-0.05, 0) is 6.92 Å². The van der Waals surface area contributed by atoms with Gasteiger partial charge in [-0.3, -0.25) is 19.9 Å². The summed E-state index contributed by atoms with van der Waals surface area (Å²) in [6.45, 7) is 1.56. The number of aromatic hydroxyl groups is 1. The smallest absolute Gasteiger partial charge is 0.262 e. The van der Waals surface area contributed by atoms with E-state index < -0.39 is 11.8 Å². The van der Waals surface area contributed by atoms with Gasteiger partial charge >= 0.3 is 0 Å². The highest BCUT2D eigenvalue weighted by molar-refractivity contribution is 6.22. The number of carbonyl (C=O) groups is 2. The number of nitrogens with one attached hydrogen (secondary N) is 1. The van der Waals surface area contributed by atoms with Crippen LogP contribution in [0.15, 0.2) is 6.20 Å². The second kappa shape index (κ2) is 2.29. The van der Waals surface area contributed by atoms with Gasteiger partial charge in [0.05, 0.1) is 16.8 Å². The van der Waals surface area contributed by atoms with Crippen LogP contribution in [0.2, 0.25) is 0 Å². The van der Waals surface area contributed by atoms with E-state index in [1.54, 1.807) is 6.92 Å². The number of hydrogen-bond acceptors (Lipinski definition) is 4. The number of nitrogens with zero attached hydrogens (tertiary/aromatic N) is 1. The maximum atomic E-state index is 11.1. The van der Waals surface area contributed by atoms with Gasteiger partial charge in [0.15, 0.2) is 0 Å². The standard InChI is InChI=1S/C8H6N2O3/c1-3-6(11)5-4(2-9-3)7(12)10-8(5)13/h2,11H,1H3,(H,10,12,13). The first kappa shape index (κ1) is 7.72. The van der Waals surface area contributed by atoms with Crippen LogP contribution in [0.3, 0.4) is 0 Å². The van der Waals surface area contributed by atoms with Gasteiger partial charge in [0.2, 0.25) is 0 Å². The van der Waals surface area contributed by atoms with Crippen LogP contribution in [0.4, 0.5) is 0 Å². The minimum Gasteiger partial charge on any atom is -0.505 e. The Morgan fingerprint density at radius 2 is 2.08 bits per heavy atom. The molecule has 0 radical (unpaired) electrons. The molecule has 0 saturated heterocycles. The third-order valence-electron chi connectivity index (χ3n) is 1.93. The molecule has 0 aliphatic carbocycles. The minimum absolute atomic E-state index is 0.0255. The SMILES string of the molecule is Cc1ncc2c(c1O)C(=O)NC2=O. The maximum absolute atomic E-state index is 11.1. The molecule has 5 nitrogen and oxygen atoms in total. The largest absolute Gasteiger partial charge is 0.505 e. The molecule has 0 saturated carbocycles. The molecule has 1 aromatic rings. The first-order chi connectivity index (χ1) is 6.11. The molecule has 0 fully saturated rings. The molecule has 1 aliphatic heterocycles. The summed E-state index contributed by atoms with van der Waals surface area (Å²) in [4.78, 5) is 26.0. The van der Waals surface area contributed by atoms with E-state index in [4.69, 9.17) is 0 Å². The highest BCUT2D eigenvalue weighted by Crippen LogP contribution is 2.26. The Kier molecular flexibility index (Phi) is 1.36. The summed E-state index contributed by atoms with van der Waals surface area (Å²) in [7, 11) is 0. The molecule has 0 unspecified atom stereocenters. The number of aryl methyl sites for hydroxylation is 1. The van der Waals surface area contributed by atoms with Crippen molar-refractivity contribution in [1.29, 1.82) is 0 Å². The summed E-state index contributed by atoms with van der Waals surface area (Å²) in [6.07, 6.45) is 1.28. The van der Waals surface area contributed by atoms with E-state index in [0.717, 1.165) is 0 Å². The quantitative estimate of drug-likeness (QED) is 0.547. The van der Waals surface area contributed by atoms with Crippen molar-refractivity contribution in [2.75, 3.05) is 0 Å². The number of fused-ring (bicyclic) bond motifs is 1. The Labute approximate surface area is 73.4 Å². The van der Waals surface area contributed by atoms with E-state index in [1.165, 1.54) is 6.20 Å². The van der Waals surface area contributed by atoms with Crippen molar-refractivity contribution in [2.24, 2.45) is 0 Å². The lowest BCUT2D eigenvalue weighted by molar-refractivity contribution is 0.0879. The zero-order chi connectivity index (χ0) is 9.59. The van der Waals surface area contributed by atoms with E-state index in [-0.39, 0.29) is 16.9 Å². The van der Waals surface area contributed by atoms with Gasteiger partial charge in [-0.1, -0.05) is 0 Å². The van der Waals surface area contributed by atoms with E-state index in [9.17, 15) is 14.7 Å². The Morgan fingerprint density at radius 1 is 1.38 bits per heavy atom. The van der Waals surface area contributed by atoms with Gasteiger partial charge in [0.25, 0.3) is 11.8 Å². The molecule has 66 valence electrons. The minimum atomic E-state index is -0.567. The summed E-state index contributed by atoms with van der Waals surface area (Å²) >= 11 is 0. The molecule has 0 aromatic carbocycles. The van der Waals surface area contributed by atoms with Gasteiger partial charge in [0.1, 0.15) is 5.75 Å². The van der Waals surface area contributed by atoms with Crippen LogP contribution >= 0.6 is 0 Å². The van der Waals surface area contributed by atoms with Gasteiger partial charge in [-0.2, -0.15) is 0 Å². The summed E-state index contributed by atoms with van der Waals surface area (Å²) in [5, 5.41) is 11.5. The highest BCUT2D eigenvalue weighted by atomic mass is 16.3. The van der Waals surface area contributed by atoms with Crippen LogP contribution in [0.1, 0.15) is 26.4 Å². The first-order valence-electron chi connectivity index (χ1n) is 3.65. The Balaban J connectivity index is 2.78. The van der Waals surface area contributed by atoms with Crippen LogP contribution in [0, 0.1) is 6.92 Å². The van der Waals surface area contributed by atoms with Crippen molar-refractivity contribution >= 4 is 11.8 Å². The van der Waals surface area contributed by atoms with Crippen LogP contribution in [0.25, 0.3) is 0 Å². The lowest BCUT2D eigenvalue weighted by Crippen LogP contribution is -2.19. The zero-order valence-corrected chi connectivity index (χ0v) is 6.79. The molecule has 5 heteroatoms.